The summed E-state index contributed by atoms with van der Waals surface area (Å²) in [4.78, 5) is 13.0. The fourth-order valence-corrected chi connectivity index (χ4v) is 6.90. The van der Waals surface area contributed by atoms with Crippen molar-refractivity contribution in [2.75, 3.05) is 13.2 Å². The molecule has 1 fully saturated rings. The maximum atomic E-state index is 13.0. The molecule has 0 aromatic heterocycles. The van der Waals surface area contributed by atoms with Gasteiger partial charge in [-0.05, 0) is 64.2 Å². The van der Waals surface area contributed by atoms with Gasteiger partial charge in [-0.15, -0.1) is 0 Å². The normalized spacial score (nSPS) is 22.6. The highest BCUT2D eigenvalue weighted by Gasteiger charge is 2.44. The summed E-state index contributed by atoms with van der Waals surface area (Å²) in [7, 11) is 0. The second-order valence-corrected chi connectivity index (χ2v) is 15.8. The Hall–Kier alpha value is -1.67. The minimum Gasteiger partial charge on any atom is -0.394 e. The molecule has 328 valence electrons. The first-order valence-corrected chi connectivity index (χ1v) is 22.4. The first-order chi connectivity index (χ1) is 27.2. The summed E-state index contributed by atoms with van der Waals surface area (Å²) >= 11 is 0. The highest BCUT2D eigenvalue weighted by Crippen LogP contribution is 2.23. The van der Waals surface area contributed by atoms with E-state index in [4.69, 9.17) is 9.47 Å². The fourth-order valence-electron chi connectivity index (χ4n) is 6.90. The van der Waals surface area contributed by atoms with Crippen molar-refractivity contribution >= 4 is 5.91 Å². The fraction of sp³-hybridized carbons (Fsp3) is 0.844. The monoisotopic (exact) mass is 798 g/mol. The summed E-state index contributed by atoms with van der Waals surface area (Å²) in [5.74, 6) is -0.721. The van der Waals surface area contributed by atoms with Crippen molar-refractivity contribution in [2.45, 2.75) is 229 Å². The van der Waals surface area contributed by atoms with Crippen molar-refractivity contribution in [2.24, 2.45) is 0 Å². The SMILES string of the molecule is CCCCC/C=C\C=C/CCCCCCCC(O)C(=O)NC(COC1OC(CO)C(O)C(O)C1O)C(O)C(O)CCC/C=C/CCCCCCCCCCCC. The number of ether oxygens (including phenoxy) is 2. The predicted molar refractivity (Wildman–Crippen MR) is 224 cm³/mol. The van der Waals surface area contributed by atoms with Crippen molar-refractivity contribution in [1.29, 1.82) is 0 Å². The Bertz CT molecular complexity index is 1010. The van der Waals surface area contributed by atoms with E-state index in [1.165, 1.54) is 77.0 Å². The molecule has 9 unspecified atom stereocenters. The van der Waals surface area contributed by atoms with Crippen LogP contribution in [0.2, 0.25) is 0 Å². The Morgan fingerprint density at radius 1 is 0.625 bits per heavy atom. The van der Waals surface area contributed by atoms with Crippen LogP contribution < -0.4 is 5.32 Å². The maximum absolute atomic E-state index is 13.0. The van der Waals surface area contributed by atoms with E-state index in [2.05, 4.69) is 55.6 Å². The number of aliphatic hydroxyl groups is 7. The van der Waals surface area contributed by atoms with Crippen LogP contribution in [0.25, 0.3) is 0 Å². The average Bonchev–Trinajstić information content (AvgIpc) is 3.20. The minimum absolute atomic E-state index is 0.235. The molecular weight excluding hydrogens is 714 g/mol. The lowest BCUT2D eigenvalue weighted by atomic mass is 9.98. The molecule has 1 rings (SSSR count). The lowest BCUT2D eigenvalue weighted by Gasteiger charge is -2.40. The van der Waals surface area contributed by atoms with Gasteiger partial charge in [-0.1, -0.05) is 147 Å². The molecule has 0 saturated carbocycles. The van der Waals surface area contributed by atoms with Gasteiger partial charge in [-0.3, -0.25) is 4.79 Å². The Morgan fingerprint density at radius 3 is 1.68 bits per heavy atom. The minimum atomic E-state index is -1.67. The molecule has 56 heavy (non-hydrogen) atoms. The Balaban J connectivity index is 2.52. The van der Waals surface area contributed by atoms with Gasteiger partial charge in [0.25, 0.3) is 0 Å². The van der Waals surface area contributed by atoms with E-state index in [9.17, 15) is 40.5 Å². The number of unbranched alkanes of at least 4 members (excludes halogenated alkanes) is 19. The van der Waals surface area contributed by atoms with Gasteiger partial charge in [0.1, 0.15) is 36.6 Å². The number of rotatable bonds is 36. The second kappa shape index (κ2) is 35.3. The topological polar surface area (TPSA) is 189 Å². The Kier molecular flexibility index (Phi) is 33.0. The van der Waals surface area contributed by atoms with E-state index < -0.39 is 74.2 Å². The van der Waals surface area contributed by atoms with Gasteiger partial charge in [-0.25, -0.2) is 0 Å². The molecule has 0 bridgehead atoms. The van der Waals surface area contributed by atoms with Crippen LogP contribution in [0.1, 0.15) is 174 Å². The summed E-state index contributed by atoms with van der Waals surface area (Å²) in [6, 6.07) is -1.19. The predicted octanol–water partition coefficient (Wildman–Crippen LogP) is 6.83. The van der Waals surface area contributed by atoms with Gasteiger partial charge >= 0.3 is 0 Å². The number of carbonyl (C=O) groups is 1. The first-order valence-electron chi connectivity index (χ1n) is 22.4. The molecule has 0 spiro atoms. The summed E-state index contributed by atoms with van der Waals surface area (Å²) in [5.41, 5.74) is 0. The van der Waals surface area contributed by atoms with Crippen molar-refractivity contribution in [1.82, 2.24) is 5.32 Å². The zero-order chi connectivity index (χ0) is 41.2. The van der Waals surface area contributed by atoms with E-state index in [1.54, 1.807) is 0 Å². The van der Waals surface area contributed by atoms with Gasteiger partial charge in [-0.2, -0.15) is 0 Å². The number of hydrogen-bond acceptors (Lipinski definition) is 10. The van der Waals surface area contributed by atoms with Crippen LogP contribution in [0.4, 0.5) is 0 Å². The average molecular weight is 798 g/mol. The molecule has 1 heterocycles. The van der Waals surface area contributed by atoms with Crippen molar-refractivity contribution in [3.63, 3.8) is 0 Å². The Labute approximate surface area is 339 Å². The highest BCUT2D eigenvalue weighted by molar-refractivity contribution is 5.80. The summed E-state index contributed by atoms with van der Waals surface area (Å²) in [6.45, 7) is 3.36. The van der Waals surface area contributed by atoms with Gasteiger partial charge < -0.3 is 50.5 Å². The molecule has 1 aliphatic heterocycles. The molecule has 0 aliphatic carbocycles. The molecule has 0 aromatic carbocycles. The van der Waals surface area contributed by atoms with Crippen molar-refractivity contribution < 1.29 is 50.0 Å². The van der Waals surface area contributed by atoms with E-state index in [0.29, 0.717) is 12.8 Å². The zero-order valence-corrected chi connectivity index (χ0v) is 35.1. The van der Waals surface area contributed by atoms with Crippen molar-refractivity contribution in [3.8, 4) is 0 Å². The molecule has 0 radical (unpaired) electrons. The molecule has 11 heteroatoms. The Morgan fingerprint density at radius 2 is 1.11 bits per heavy atom. The van der Waals surface area contributed by atoms with Crippen molar-refractivity contribution in [3.05, 3.63) is 36.5 Å². The third-order valence-corrected chi connectivity index (χ3v) is 10.7. The summed E-state index contributed by atoms with van der Waals surface area (Å²) in [6.07, 6.45) is 27.6. The lowest BCUT2D eigenvalue weighted by Crippen LogP contribution is -2.60. The largest absolute Gasteiger partial charge is 0.394 e. The lowest BCUT2D eigenvalue weighted by molar-refractivity contribution is -0.303. The van der Waals surface area contributed by atoms with Crippen LogP contribution in [0.3, 0.4) is 0 Å². The number of aliphatic hydroxyl groups excluding tert-OH is 7. The molecule has 1 amide bonds. The number of carbonyl (C=O) groups excluding carboxylic acids is 1. The molecular formula is C45H83NO10. The zero-order valence-electron chi connectivity index (χ0n) is 35.1. The smallest absolute Gasteiger partial charge is 0.249 e. The number of allylic oxidation sites excluding steroid dienone is 6. The number of amides is 1. The van der Waals surface area contributed by atoms with E-state index in [0.717, 1.165) is 57.8 Å². The van der Waals surface area contributed by atoms with Crippen LogP contribution in [-0.2, 0) is 14.3 Å². The second-order valence-electron chi connectivity index (χ2n) is 15.8. The van der Waals surface area contributed by atoms with Crippen LogP contribution in [-0.4, -0.2) is 110 Å². The molecule has 1 aliphatic rings. The van der Waals surface area contributed by atoms with Gasteiger partial charge in [0.2, 0.25) is 5.91 Å². The number of nitrogens with one attached hydrogen (secondary N) is 1. The van der Waals surface area contributed by atoms with E-state index in [1.807, 2.05) is 0 Å². The van der Waals surface area contributed by atoms with E-state index in [-0.39, 0.29) is 12.8 Å². The number of hydrogen-bond donors (Lipinski definition) is 8. The van der Waals surface area contributed by atoms with Crippen LogP contribution in [0.5, 0.6) is 0 Å². The quantitative estimate of drug-likeness (QED) is 0.0190. The molecule has 1 saturated heterocycles. The maximum Gasteiger partial charge on any atom is 0.249 e. The molecule has 8 N–H and O–H groups in total. The van der Waals surface area contributed by atoms with Crippen LogP contribution in [0.15, 0.2) is 36.5 Å². The summed E-state index contributed by atoms with van der Waals surface area (Å²) < 4.78 is 11.1. The van der Waals surface area contributed by atoms with Crippen LogP contribution >= 0.6 is 0 Å². The molecule has 9 atom stereocenters. The van der Waals surface area contributed by atoms with Gasteiger partial charge in [0.15, 0.2) is 6.29 Å². The molecule has 11 nitrogen and oxygen atoms in total. The van der Waals surface area contributed by atoms with E-state index >= 15 is 0 Å². The molecule has 0 aromatic rings. The third kappa shape index (κ3) is 25.0. The first kappa shape index (κ1) is 52.3. The van der Waals surface area contributed by atoms with Gasteiger partial charge in [0, 0.05) is 0 Å². The summed E-state index contributed by atoms with van der Waals surface area (Å²) in [5, 5.41) is 75.5. The highest BCUT2D eigenvalue weighted by atomic mass is 16.7. The van der Waals surface area contributed by atoms with Crippen LogP contribution in [0, 0.1) is 0 Å². The van der Waals surface area contributed by atoms with Gasteiger partial charge in [0.05, 0.1) is 25.4 Å². The standard InChI is InChI=1S/C45H83NO10/c1-3-5-7-9-11-13-15-17-19-21-22-24-26-28-30-32-37(48)40(50)36(35-55-45-43(53)42(52)41(51)39(34-47)56-45)46-44(54)38(49)33-31-29-27-25-23-20-18-16-14-12-10-8-6-4-2/h12,14,16,18,24,26,36-43,45,47-53H,3-11,13,15,17,19-23,25,27-35H2,1-2H3,(H,46,54)/b14-12-,18-16-,26-24+. The third-order valence-electron chi connectivity index (χ3n) is 10.7.